The molecule has 2 aromatic carbocycles. The van der Waals surface area contributed by atoms with Gasteiger partial charge in [0.25, 0.3) is 0 Å². The largest absolute Gasteiger partial charge is 0.510 e. The highest BCUT2D eigenvalue weighted by molar-refractivity contribution is 6.30. The molecule has 2 heterocycles. The Morgan fingerprint density at radius 3 is 2.83 bits per heavy atom. The van der Waals surface area contributed by atoms with Crippen molar-refractivity contribution in [1.29, 1.82) is 0 Å². The van der Waals surface area contributed by atoms with Crippen LogP contribution in [-0.4, -0.2) is 32.2 Å². The van der Waals surface area contributed by atoms with Crippen LogP contribution in [0.25, 0.3) is 0 Å². The first-order chi connectivity index (χ1) is 14.6. The highest BCUT2D eigenvalue weighted by atomic mass is 35.5. The Kier molecular flexibility index (Phi) is 4.89. The molecular formula is C23H21ClN4O2. The zero-order valence-corrected chi connectivity index (χ0v) is 17.0. The van der Waals surface area contributed by atoms with Gasteiger partial charge in [-0.2, -0.15) is 5.10 Å². The van der Waals surface area contributed by atoms with Gasteiger partial charge in [0.15, 0.2) is 5.78 Å². The fourth-order valence-electron chi connectivity index (χ4n) is 4.69. The maximum Gasteiger partial charge on any atom is 0.164 e. The number of ketones is 1. The summed E-state index contributed by atoms with van der Waals surface area (Å²) in [6.07, 6.45) is 4.16. The average Bonchev–Trinajstić information content (AvgIpc) is 3.28. The number of allylic oxidation sites excluding steroid dienone is 1. The lowest BCUT2D eigenvalue weighted by Gasteiger charge is -2.36. The lowest BCUT2D eigenvalue weighted by Crippen LogP contribution is -2.38. The predicted octanol–water partition coefficient (Wildman–Crippen LogP) is 3.93. The Morgan fingerprint density at radius 1 is 1.17 bits per heavy atom. The van der Waals surface area contributed by atoms with E-state index in [2.05, 4.69) is 21.5 Å². The van der Waals surface area contributed by atoms with Gasteiger partial charge in [0, 0.05) is 23.9 Å². The van der Waals surface area contributed by atoms with Crippen LogP contribution in [0, 0.1) is 0 Å². The van der Waals surface area contributed by atoms with E-state index in [-0.39, 0.29) is 29.9 Å². The highest BCUT2D eigenvalue weighted by Crippen LogP contribution is 2.45. The first-order valence-corrected chi connectivity index (χ1v) is 10.4. The fourth-order valence-corrected chi connectivity index (χ4v) is 4.89. The van der Waals surface area contributed by atoms with E-state index in [4.69, 9.17) is 11.6 Å². The Morgan fingerprint density at radius 2 is 2.03 bits per heavy atom. The third kappa shape index (κ3) is 3.22. The van der Waals surface area contributed by atoms with Crippen LogP contribution in [0.2, 0.25) is 5.02 Å². The molecule has 152 valence electrons. The van der Waals surface area contributed by atoms with E-state index in [1.807, 2.05) is 36.4 Å². The number of aliphatic hydroxyl groups is 1. The summed E-state index contributed by atoms with van der Waals surface area (Å²) in [7, 11) is 0. The second kappa shape index (κ2) is 7.70. The number of carbonyl (C=O) groups is 1. The van der Waals surface area contributed by atoms with Crippen molar-refractivity contribution in [3.63, 3.8) is 0 Å². The third-order valence-electron chi connectivity index (χ3n) is 6.04. The number of aromatic nitrogens is 3. The molecule has 0 amide bonds. The van der Waals surface area contributed by atoms with Crippen LogP contribution in [0.3, 0.4) is 0 Å². The molecule has 1 aliphatic heterocycles. The molecule has 3 atom stereocenters. The standard InChI is InChI=1S/C23H21ClN4O2/c24-16-6-3-5-15(10-16)18-11-19(29)20(23(30)22(18)28-13-25-12-27-28)21-17-7-2-1-4-14(17)8-9-26-21/h1-7,10,12-13,18,21-22,26,30H,8-9,11H2/t18-,21+,22+/m1/s1. The van der Waals surface area contributed by atoms with Crippen molar-refractivity contribution in [2.45, 2.75) is 30.8 Å². The van der Waals surface area contributed by atoms with E-state index in [9.17, 15) is 9.90 Å². The smallest absolute Gasteiger partial charge is 0.164 e. The second-order valence-corrected chi connectivity index (χ2v) is 8.18. The average molecular weight is 421 g/mol. The van der Waals surface area contributed by atoms with Gasteiger partial charge in [-0.1, -0.05) is 48.0 Å². The van der Waals surface area contributed by atoms with Crippen LogP contribution < -0.4 is 5.32 Å². The van der Waals surface area contributed by atoms with Crippen molar-refractivity contribution in [2.75, 3.05) is 6.54 Å². The first-order valence-electron chi connectivity index (χ1n) is 10.0. The van der Waals surface area contributed by atoms with Gasteiger partial charge in [-0.3, -0.25) is 4.79 Å². The van der Waals surface area contributed by atoms with E-state index >= 15 is 0 Å². The molecule has 3 aromatic rings. The van der Waals surface area contributed by atoms with Crippen LogP contribution in [0.5, 0.6) is 0 Å². The molecule has 2 aliphatic rings. The van der Waals surface area contributed by atoms with Gasteiger partial charge < -0.3 is 10.4 Å². The lowest BCUT2D eigenvalue weighted by molar-refractivity contribution is -0.117. The normalized spacial score (nSPS) is 24.0. The predicted molar refractivity (Wildman–Crippen MR) is 113 cm³/mol. The molecule has 0 radical (unpaired) electrons. The van der Waals surface area contributed by atoms with Crippen molar-refractivity contribution >= 4 is 17.4 Å². The number of hydrogen-bond acceptors (Lipinski definition) is 5. The zero-order chi connectivity index (χ0) is 20.7. The number of aliphatic hydroxyl groups excluding tert-OH is 1. The van der Waals surface area contributed by atoms with Crippen molar-refractivity contribution in [1.82, 2.24) is 20.1 Å². The molecule has 1 aromatic heterocycles. The summed E-state index contributed by atoms with van der Waals surface area (Å²) in [4.78, 5) is 17.4. The van der Waals surface area contributed by atoms with E-state index in [1.54, 1.807) is 17.1 Å². The van der Waals surface area contributed by atoms with E-state index in [0.717, 1.165) is 24.1 Å². The molecule has 0 unspecified atom stereocenters. The molecule has 7 heteroatoms. The van der Waals surface area contributed by atoms with Gasteiger partial charge in [-0.05, 0) is 35.2 Å². The van der Waals surface area contributed by atoms with Crippen molar-refractivity contribution in [3.05, 3.63) is 94.2 Å². The van der Waals surface area contributed by atoms with Gasteiger partial charge in [0.2, 0.25) is 0 Å². The van der Waals surface area contributed by atoms with Crippen LogP contribution in [0.15, 0.2) is 72.5 Å². The monoisotopic (exact) mass is 420 g/mol. The van der Waals surface area contributed by atoms with E-state index < -0.39 is 6.04 Å². The molecule has 0 saturated carbocycles. The number of rotatable bonds is 3. The molecule has 0 fully saturated rings. The summed E-state index contributed by atoms with van der Waals surface area (Å²) in [5.74, 6) is -0.320. The van der Waals surface area contributed by atoms with Crippen LogP contribution >= 0.6 is 11.6 Å². The minimum Gasteiger partial charge on any atom is -0.510 e. The summed E-state index contributed by atoms with van der Waals surface area (Å²) in [5, 5.41) is 19.8. The number of hydrogen-bond donors (Lipinski definition) is 2. The van der Waals surface area contributed by atoms with Gasteiger partial charge in [-0.15, -0.1) is 0 Å². The van der Waals surface area contributed by atoms with E-state index in [1.165, 1.54) is 11.9 Å². The molecule has 0 bridgehead atoms. The highest BCUT2D eigenvalue weighted by Gasteiger charge is 2.42. The molecule has 0 spiro atoms. The minimum absolute atomic E-state index is 0.0379. The summed E-state index contributed by atoms with van der Waals surface area (Å²) in [5.41, 5.74) is 3.54. The molecule has 0 saturated heterocycles. The number of nitrogens with one attached hydrogen (secondary N) is 1. The van der Waals surface area contributed by atoms with Gasteiger partial charge in [-0.25, -0.2) is 9.67 Å². The Balaban J connectivity index is 1.65. The summed E-state index contributed by atoms with van der Waals surface area (Å²) >= 11 is 6.21. The quantitative estimate of drug-likeness (QED) is 0.671. The number of Topliss-reactive ketones (excluding diaryl/α,β-unsaturated/α-hetero) is 1. The first kappa shape index (κ1) is 19.0. The van der Waals surface area contributed by atoms with E-state index in [0.29, 0.717) is 10.6 Å². The number of fused-ring (bicyclic) bond motifs is 1. The number of nitrogens with zero attached hydrogens (tertiary/aromatic N) is 3. The van der Waals surface area contributed by atoms with Crippen LogP contribution in [0.1, 0.15) is 41.1 Å². The Labute approximate surface area is 179 Å². The maximum absolute atomic E-state index is 13.4. The van der Waals surface area contributed by atoms with Crippen LogP contribution in [0.4, 0.5) is 0 Å². The summed E-state index contributed by atoms with van der Waals surface area (Å²) in [6.45, 7) is 0.747. The number of carbonyl (C=O) groups excluding carboxylic acids is 1. The van der Waals surface area contributed by atoms with Crippen molar-refractivity contribution < 1.29 is 9.90 Å². The molecule has 30 heavy (non-hydrogen) atoms. The SMILES string of the molecule is O=C1C[C@H](c2cccc(Cl)c2)[C@H](n2cncn2)C(O)=C1[C@H]1NCCc2ccccc21. The number of halogens is 1. The molecular weight excluding hydrogens is 400 g/mol. The molecule has 2 N–H and O–H groups in total. The van der Waals surface area contributed by atoms with Crippen LogP contribution in [-0.2, 0) is 11.2 Å². The van der Waals surface area contributed by atoms with Gasteiger partial charge in [0.05, 0.1) is 11.6 Å². The zero-order valence-electron chi connectivity index (χ0n) is 16.2. The van der Waals surface area contributed by atoms with Gasteiger partial charge in [0.1, 0.15) is 24.5 Å². The molecule has 5 rings (SSSR count). The topological polar surface area (TPSA) is 80.0 Å². The summed E-state index contributed by atoms with van der Waals surface area (Å²) in [6, 6.07) is 14.6. The van der Waals surface area contributed by atoms with Gasteiger partial charge >= 0.3 is 0 Å². The van der Waals surface area contributed by atoms with Crippen molar-refractivity contribution in [2.24, 2.45) is 0 Å². The minimum atomic E-state index is -0.533. The molecule has 6 nitrogen and oxygen atoms in total. The Hall–Kier alpha value is -2.96. The third-order valence-corrected chi connectivity index (χ3v) is 6.27. The van der Waals surface area contributed by atoms with Crippen molar-refractivity contribution in [3.8, 4) is 0 Å². The lowest BCUT2D eigenvalue weighted by atomic mass is 9.75. The number of benzene rings is 2. The maximum atomic E-state index is 13.4. The fraction of sp³-hybridized carbons (Fsp3) is 0.261. The second-order valence-electron chi connectivity index (χ2n) is 7.74. The Bertz CT molecular complexity index is 1130. The molecule has 1 aliphatic carbocycles. The summed E-state index contributed by atoms with van der Waals surface area (Å²) < 4.78 is 1.63.